The highest BCUT2D eigenvalue weighted by atomic mass is 79.9. The summed E-state index contributed by atoms with van der Waals surface area (Å²) in [6.45, 7) is 7.98. The molecular weight excluding hydrogens is 366 g/mol. The first kappa shape index (κ1) is 15.5. The molecule has 1 nitrogen and oxygen atoms in total. The largest absolute Gasteiger partial charge is 0.313 e. The molecule has 0 amide bonds. The Kier molecular flexibility index (Phi) is 5.13. The maximum absolute atomic E-state index is 3.68. The van der Waals surface area contributed by atoms with Crippen LogP contribution in [0.4, 0.5) is 0 Å². The van der Waals surface area contributed by atoms with Gasteiger partial charge in [0.25, 0.3) is 0 Å². The van der Waals surface area contributed by atoms with Crippen LogP contribution in [0.5, 0.6) is 0 Å². The van der Waals surface area contributed by atoms with E-state index in [9.17, 15) is 0 Å². The molecule has 0 radical (unpaired) electrons. The molecule has 0 bridgehead atoms. The Labute approximate surface area is 133 Å². The van der Waals surface area contributed by atoms with Gasteiger partial charge in [-0.25, -0.2) is 0 Å². The number of rotatable bonds is 6. The average molecular weight is 389 g/mol. The van der Waals surface area contributed by atoms with Crippen LogP contribution in [-0.2, 0) is 6.42 Å². The van der Waals surface area contributed by atoms with Crippen molar-refractivity contribution in [2.45, 2.75) is 52.5 Å². The Morgan fingerprint density at radius 1 is 1.21 bits per heavy atom. The van der Waals surface area contributed by atoms with Gasteiger partial charge in [0.05, 0.1) is 0 Å². The molecule has 19 heavy (non-hydrogen) atoms. The molecule has 3 heteroatoms. The van der Waals surface area contributed by atoms with Crippen molar-refractivity contribution < 1.29 is 0 Å². The molecule has 0 aromatic heterocycles. The van der Waals surface area contributed by atoms with Crippen LogP contribution in [0.1, 0.15) is 44.2 Å². The van der Waals surface area contributed by atoms with Crippen molar-refractivity contribution >= 4 is 31.9 Å². The third-order valence-electron chi connectivity index (χ3n) is 3.85. The van der Waals surface area contributed by atoms with E-state index in [1.165, 1.54) is 39.3 Å². The summed E-state index contributed by atoms with van der Waals surface area (Å²) in [5, 5.41) is 3.65. The zero-order valence-corrected chi connectivity index (χ0v) is 15.2. The van der Waals surface area contributed by atoms with Gasteiger partial charge < -0.3 is 5.32 Å². The molecule has 0 atom stereocenters. The number of nitrogens with one attached hydrogen (secondary N) is 1. The smallest absolute Gasteiger partial charge is 0.0210 e. The summed E-state index contributed by atoms with van der Waals surface area (Å²) in [7, 11) is 0. The lowest BCUT2D eigenvalue weighted by atomic mass is 9.86. The van der Waals surface area contributed by atoms with Gasteiger partial charge in [-0.1, -0.05) is 45.7 Å². The van der Waals surface area contributed by atoms with Crippen molar-refractivity contribution in [3.05, 3.63) is 32.2 Å². The summed E-state index contributed by atoms with van der Waals surface area (Å²) in [5.41, 5.74) is 3.04. The van der Waals surface area contributed by atoms with E-state index in [4.69, 9.17) is 0 Å². The highest BCUT2D eigenvalue weighted by Crippen LogP contribution is 2.30. The molecule has 0 saturated heterocycles. The number of hydrogen-bond donors (Lipinski definition) is 1. The molecule has 0 aliphatic heterocycles. The van der Waals surface area contributed by atoms with Crippen LogP contribution < -0.4 is 5.32 Å². The van der Waals surface area contributed by atoms with E-state index in [0.29, 0.717) is 5.41 Å². The first-order valence-corrected chi connectivity index (χ1v) is 8.64. The summed E-state index contributed by atoms with van der Waals surface area (Å²) in [4.78, 5) is 0. The van der Waals surface area contributed by atoms with Crippen LogP contribution >= 0.6 is 31.9 Å². The zero-order valence-electron chi connectivity index (χ0n) is 12.0. The lowest BCUT2D eigenvalue weighted by Gasteiger charge is -2.25. The van der Waals surface area contributed by atoms with Crippen molar-refractivity contribution in [1.29, 1.82) is 0 Å². The molecule has 0 spiro atoms. The van der Waals surface area contributed by atoms with Crippen molar-refractivity contribution in [2.75, 3.05) is 6.54 Å². The molecule has 106 valence electrons. The van der Waals surface area contributed by atoms with E-state index < -0.39 is 0 Å². The average Bonchev–Trinajstić information content (AvgIpc) is 3.14. The number of benzene rings is 1. The van der Waals surface area contributed by atoms with Crippen molar-refractivity contribution in [3.8, 4) is 0 Å². The summed E-state index contributed by atoms with van der Waals surface area (Å²) in [5.74, 6) is 0. The SMILES string of the molecule is Cc1cc(Br)c(CCC(C)(C)CNC2CC2)cc1Br. The van der Waals surface area contributed by atoms with Crippen molar-refractivity contribution in [2.24, 2.45) is 5.41 Å². The first-order valence-electron chi connectivity index (χ1n) is 7.05. The summed E-state index contributed by atoms with van der Waals surface area (Å²) >= 11 is 7.31. The molecule has 1 aromatic carbocycles. The maximum atomic E-state index is 3.68. The van der Waals surface area contributed by atoms with E-state index in [1.807, 2.05) is 0 Å². The normalized spacial score (nSPS) is 15.8. The second-order valence-corrected chi connectivity index (χ2v) is 8.22. The molecule has 0 heterocycles. The van der Waals surface area contributed by atoms with Crippen LogP contribution in [0, 0.1) is 12.3 Å². The molecule has 1 saturated carbocycles. The Morgan fingerprint density at radius 2 is 1.89 bits per heavy atom. The molecule has 1 fully saturated rings. The lowest BCUT2D eigenvalue weighted by molar-refractivity contribution is 0.313. The molecule has 1 aliphatic carbocycles. The fourth-order valence-electron chi connectivity index (χ4n) is 2.15. The summed E-state index contributed by atoms with van der Waals surface area (Å²) in [6, 6.07) is 5.26. The predicted molar refractivity (Wildman–Crippen MR) is 89.7 cm³/mol. The monoisotopic (exact) mass is 387 g/mol. The van der Waals surface area contributed by atoms with Crippen LogP contribution in [0.15, 0.2) is 21.1 Å². The standard InChI is InChI=1S/C16H23Br2N/c1-11-8-15(18)12(9-14(11)17)6-7-16(2,3)10-19-13-4-5-13/h8-9,13,19H,4-7,10H2,1-3H3. The summed E-state index contributed by atoms with van der Waals surface area (Å²) in [6.07, 6.45) is 5.07. The quantitative estimate of drug-likeness (QED) is 0.703. The van der Waals surface area contributed by atoms with Gasteiger partial charge in [-0.15, -0.1) is 0 Å². The van der Waals surface area contributed by atoms with Gasteiger partial charge >= 0.3 is 0 Å². The number of aryl methyl sites for hydroxylation is 2. The lowest BCUT2D eigenvalue weighted by Crippen LogP contribution is -2.31. The van der Waals surface area contributed by atoms with Crippen LogP contribution in [0.25, 0.3) is 0 Å². The third-order valence-corrected chi connectivity index (χ3v) is 5.44. The fraction of sp³-hybridized carbons (Fsp3) is 0.625. The minimum atomic E-state index is 0.361. The molecule has 2 rings (SSSR count). The summed E-state index contributed by atoms with van der Waals surface area (Å²) < 4.78 is 2.44. The number of halogens is 2. The van der Waals surface area contributed by atoms with Gasteiger partial charge in [-0.2, -0.15) is 0 Å². The Hall–Kier alpha value is 0.140. The highest BCUT2D eigenvalue weighted by molar-refractivity contribution is 9.11. The van der Waals surface area contributed by atoms with E-state index >= 15 is 0 Å². The van der Waals surface area contributed by atoms with E-state index in [0.717, 1.165) is 19.0 Å². The third kappa shape index (κ3) is 4.87. The van der Waals surface area contributed by atoms with Gasteiger partial charge in [-0.3, -0.25) is 0 Å². The minimum Gasteiger partial charge on any atom is -0.313 e. The minimum absolute atomic E-state index is 0.361. The van der Waals surface area contributed by atoms with Gasteiger partial charge in [0.15, 0.2) is 0 Å². The van der Waals surface area contributed by atoms with Gasteiger partial charge in [0.2, 0.25) is 0 Å². The van der Waals surface area contributed by atoms with Crippen LogP contribution in [0.2, 0.25) is 0 Å². The molecule has 1 N–H and O–H groups in total. The molecule has 0 unspecified atom stereocenters. The van der Waals surface area contributed by atoms with E-state index in [-0.39, 0.29) is 0 Å². The molecule has 1 aromatic rings. The van der Waals surface area contributed by atoms with Crippen molar-refractivity contribution in [1.82, 2.24) is 5.32 Å². The predicted octanol–water partition coefficient (Wildman–Crippen LogP) is 5.23. The van der Waals surface area contributed by atoms with Gasteiger partial charge in [-0.05, 0) is 61.3 Å². The van der Waals surface area contributed by atoms with Gasteiger partial charge in [0.1, 0.15) is 0 Å². The van der Waals surface area contributed by atoms with Gasteiger partial charge in [0, 0.05) is 21.5 Å². The Balaban J connectivity index is 1.91. The fourth-order valence-corrected chi connectivity index (χ4v) is 3.20. The second-order valence-electron chi connectivity index (χ2n) is 6.51. The zero-order chi connectivity index (χ0) is 14.0. The van der Waals surface area contributed by atoms with E-state index in [2.05, 4.69) is 70.1 Å². The highest BCUT2D eigenvalue weighted by Gasteiger charge is 2.25. The second kappa shape index (κ2) is 6.28. The molecular formula is C16H23Br2N. The maximum Gasteiger partial charge on any atom is 0.0210 e. The Morgan fingerprint density at radius 3 is 2.53 bits per heavy atom. The first-order chi connectivity index (χ1) is 8.87. The van der Waals surface area contributed by atoms with Crippen molar-refractivity contribution in [3.63, 3.8) is 0 Å². The van der Waals surface area contributed by atoms with Crippen LogP contribution in [0.3, 0.4) is 0 Å². The van der Waals surface area contributed by atoms with E-state index in [1.54, 1.807) is 0 Å². The topological polar surface area (TPSA) is 12.0 Å². The Bertz CT molecular complexity index is 450. The van der Waals surface area contributed by atoms with Crippen LogP contribution in [-0.4, -0.2) is 12.6 Å². The molecule has 1 aliphatic rings. The number of hydrogen-bond acceptors (Lipinski definition) is 1.